The van der Waals surface area contributed by atoms with Gasteiger partial charge in [-0.2, -0.15) is 0 Å². The first-order chi connectivity index (χ1) is 15.2. The van der Waals surface area contributed by atoms with Gasteiger partial charge in [-0.1, -0.05) is 24.3 Å². The van der Waals surface area contributed by atoms with Crippen LogP contribution in [0.5, 0.6) is 5.75 Å². The van der Waals surface area contributed by atoms with Gasteiger partial charge >= 0.3 is 0 Å². The summed E-state index contributed by atoms with van der Waals surface area (Å²) >= 11 is 0. The van der Waals surface area contributed by atoms with Gasteiger partial charge in [-0.15, -0.1) is 0 Å². The number of aliphatic hydroxyl groups excluding tert-OH is 1. The molecule has 7 heteroatoms. The highest BCUT2D eigenvalue weighted by molar-refractivity contribution is 5.89. The lowest BCUT2D eigenvalue weighted by Gasteiger charge is -2.33. The van der Waals surface area contributed by atoms with Gasteiger partial charge in [0.2, 0.25) is 0 Å². The second-order valence-corrected chi connectivity index (χ2v) is 8.29. The molecule has 2 aliphatic rings. The first-order valence-corrected chi connectivity index (χ1v) is 11.1. The molecule has 2 N–H and O–H groups in total. The highest BCUT2D eigenvalue weighted by atomic mass is 16.5. The van der Waals surface area contributed by atoms with Gasteiger partial charge in [0.1, 0.15) is 11.9 Å². The van der Waals surface area contributed by atoms with Crippen molar-refractivity contribution < 1.29 is 24.1 Å². The van der Waals surface area contributed by atoms with Crippen LogP contribution in [0.15, 0.2) is 36.4 Å². The van der Waals surface area contributed by atoms with Gasteiger partial charge in [-0.3, -0.25) is 4.79 Å². The number of fused-ring (bicyclic) bond motifs is 1. The Hall–Kier alpha value is -2.19. The Balaban J connectivity index is 1.53. The van der Waals surface area contributed by atoms with Crippen LogP contribution in [0.25, 0.3) is 10.8 Å². The number of ether oxygens (including phenoxy) is 3. The number of aliphatic hydroxyl groups is 1. The molecule has 1 aliphatic carbocycles. The van der Waals surface area contributed by atoms with Crippen LogP contribution in [0.4, 0.5) is 0 Å². The van der Waals surface area contributed by atoms with Crippen molar-refractivity contribution in [2.45, 2.75) is 44.1 Å². The molecule has 1 heterocycles. The van der Waals surface area contributed by atoms with Gasteiger partial charge in [0, 0.05) is 51.2 Å². The molecule has 1 aliphatic heterocycles. The van der Waals surface area contributed by atoms with Crippen LogP contribution in [0.1, 0.15) is 24.8 Å². The summed E-state index contributed by atoms with van der Waals surface area (Å²) in [6.45, 7) is 2.71. The maximum absolute atomic E-state index is 13.3. The fourth-order valence-corrected chi connectivity index (χ4v) is 4.04. The molecule has 0 aromatic heterocycles. The number of morpholine rings is 1. The average Bonchev–Trinajstić information content (AvgIpc) is 3.65. The Labute approximate surface area is 183 Å². The van der Waals surface area contributed by atoms with Crippen LogP contribution in [0.3, 0.4) is 0 Å². The molecule has 1 saturated carbocycles. The van der Waals surface area contributed by atoms with E-state index in [0.717, 1.165) is 41.3 Å². The topological polar surface area (TPSA) is 80.3 Å². The van der Waals surface area contributed by atoms with Gasteiger partial charge in [-0.25, -0.2) is 0 Å². The molecule has 2 aromatic rings. The molecule has 1 amide bonds. The van der Waals surface area contributed by atoms with Gasteiger partial charge in [0.05, 0.1) is 19.3 Å². The highest BCUT2D eigenvalue weighted by Crippen LogP contribution is 2.33. The minimum absolute atomic E-state index is 0.0103. The Morgan fingerprint density at radius 2 is 2.06 bits per heavy atom. The lowest BCUT2D eigenvalue weighted by molar-refractivity contribution is -0.153. The van der Waals surface area contributed by atoms with Crippen LogP contribution in [-0.4, -0.2) is 74.2 Å². The van der Waals surface area contributed by atoms with E-state index in [1.807, 2.05) is 23.1 Å². The molecule has 168 valence electrons. The molecule has 0 bridgehead atoms. The fraction of sp³-hybridized carbons (Fsp3) is 0.542. The number of hydrogen-bond acceptors (Lipinski definition) is 6. The fourth-order valence-electron chi connectivity index (χ4n) is 4.04. The first-order valence-electron chi connectivity index (χ1n) is 11.1. The van der Waals surface area contributed by atoms with Gasteiger partial charge in [0.25, 0.3) is 5.91 Å². The number of benzene rings is 2. The zero-order chi connectivity index (χ0) is 21.6. The monoisotopic (exact) mass is 428 g/mol. The Kier molecular flexibility index (Phi) is 7.40. The number of amides is 1. The SMILES string of the molecule is COCCCOc1cc(CN(C(=O)[C@H]2CNC[C@@H](CO)O2)C2CC2)cc2ccccc12. The van der Waals surface area contributed by atoms with E-state index >= 15 is 0 Å². The minimum Gasteiger partial charge on any atom is -0.493 e. The van der Waals surface area contributed by atoms with Crippen LogP contribution < -0.4 is 10.1 Å². The maximum Gasteiger partial charge on any atom is 0.253 e. The van der Waals surface area contributed by atoms with Crippen molar-refractivity contribution >= 4 is 16.7 Å². The van der Waals surface area contributed by atoms with Crippen LogP contribution in [0, 0.1) is 0 Å². The van der Waals surface area contributed by atoms with E-state index < -0.39 is 6.10 Å². The van der Waals surface area contributed by atoms with E-state index in [2.05, 4.69) is 23.5 Å². The Bertz CT molecular complexity index is 885. The van der Waals surface area contributed by atoms with Crippen molar-refractivity contribution in [3.8, 4) is 5.75 Å². The lowest BCUT2D eigenvalue weighted by Crippen LogP contribution is -2.53. The van der Waals surface area contributed by atoms with Crippen molar-refractivity contribution in [1.29, 1.82) is 0 Å². The molecular formula is C24H32N2O5. The van der Waals surface area contributed by atoms with E-state index in [0.29, 0.717) is 32.8 Å². The number of carbonyl (C=O) groups excluding carboxylic acids is 1. The molecule has 2 fully saturated rings. The molecular weight excluding hydrogens is 396 g/mol. The largest absolute Gasteiger partial charge is 0.493 e. The number of methoxy groups -OCH3 is 1. The van der Waals surface area contributed by atoms with Crippen molar-refractivity contribution in [1.82, 2.24) is 10.2 Å². The van der Waals surface area contributed by atoms with Crippen molar-refractivity contribution in [3.63, 3.8) is 0 Å². The third-order valence-electron chi connectivity index (χ3n) is 5.80. The average molecular weight is 429 g/mol. The van der Waals surface area contributed by atoms with Crippen LogP contribution in [0.2, 0.25) is 0 Å². The lowest BCUT2D eigenvalue weighted by atomic mass is 10.0. The number of rotatable bonds is 10. The summed E-state index contributed by atoms with van der Waals surface area (Å²) in [7, 11) is 1.69. The van der Waals surface area contributed by atoms with Crippen LogP contribution >= 0.6 is 0 Å². The number of hydrogen-bond donors (Lipinski definition) is 2. The second kappa shape index (κ2) is 10.4. The summed E-state index contributed by atoms with van der Waals surface area (Å²) in [6.07, 6.45) is 1.96. The van der Waals surface area contributed by atoms with Gasteiger partial charge in [0.15, 0.2) is 0 Å². The summed E-state index contributed by atoms with van der Waals surface area (Å²) in [5, 5.41) is 14.8. The van der Waals surface area contributed by atoms with Gasteiger partial charge in [-0.05, 0) is 35.9 Å². The highest BCUT2D eigenvalue weighted by Gasteiger charge is 2.38. The van der Waals surface area contributed by atoms with Crippen molar-refractivity contribution in [2.24, 2.45) is 0 Å². The van der Waals surface area contributed by atoms with E-state index in [4.69, 9.17) is 14.2 Å². The quantitative estimate of drug-likeness (QED) is 0.564. The summed E-state index contributed by atoms with van der Waals surface area (Å²) < 4.78 is 17.0. The summed E-state index contributed by atoms with van der Waals surface area (Å²) in [5.41, 5.74) is 1.04. The molecule has 1 saturated heterocycles. The number of nitrogens with one attached hydrogen (secondary N) is 1. The van der Waals surface area contributed by atoms with E-state index in [9.17, 15) is 9.90 Å². The molecule has 4 rings (SSSR count). The van der Waals surface area contributed by atoms with Gasteiger partial charge < -0.3 is 29.5 Å². The standard InChI is InChI=1S/C24H32N2O5/c1-29-9-4-10-30-22-12-17(11-18-5-2-3-6-21(18)22)15-26(19-7-8-19)24(28)23-14-25-13-20(16-27)31-23/h2-3,5-6,11-12,19-20,23,25,27H,4,7-10,13-16H2,1H3/t20-,23+/m0/s1. The molecule has 7 nitrogen and oxygen atoms in total. The second-order valence-electron chi connectivity index (χ2n) is 8.29. The van der Waals surface area contributed by atoms with E-state index in [-0.39, 0.29) is 24.7 Å². The third kappa shape index (κ3) is 5.54. The van der Waals surface area contributed by atoms with Crippen molar-refractivity contribution in [3.05, 3.63) is 42.0 Å². The maximum atomic E-state index is 13.3. The third-order valence-corrected chi connectivity index (χ3v) is 5.80. The van der Waals surface area contributed by atoms with Crippen molar-refractivity contribution in [2.75, 3.05) is 40.0 Å². The van der Waals surface area contributed by atoms with Crippen LogP contribution in [-0.2, 0) is 20.8 Å². The normalized spacial score (nSPS) is 21.2. The first kappa shape index (κ1) is 22.0. The molecule has 0 unspecified atom stereocenters. The number of nitrogens with zero attached hydrogens (tertiary/aromatic N) is 1. The summed E-state index contributed by atoms with van der Waals surface area (Å²) in [4.78, 5) is 15.2. The predicted molar refractivity (Wildman–Crippen MR) is 118 cm³/mol. The number of carbonyl (C=O) groups is 1. The van der Waals surface area contributed by atoms with E-state index in [1.54, 1.807) is 7.11 Å². The minimum atomic E-state index is -0.559. The molecule has 0 spiro atoms. The summed E-state index contributed by atoms with van der Waals surface area (Å²) in [5.74, 6) is 0.826. The zero-order valence-corrected chi connectivity index (χ0v) is 18.1. The molecule has 31 heavy (non-hydrogen) atoms. The Morgan fingerprint density at radius 3 is 2.84 bits per heavy atom. The molecule has 2 aromatic carbocycles. The summed E-state index contributed by atoms with van der Waals surface area (Å²) in [6, 6.07) is 12.6. The molecule has 0 radical (unpaired) electrons. The Morgan fingerprint density at radius 1 is 1.23 bits per heavy atom. The predicted octanol–water partition coefficient (Wildman–Crippen LogP) is 2.10. The van der Waals surface area contributed by atoms with E-state index in [1.165, 1.54) is 0 Å². The smallest absolute Gasteiger partial charge is 0.253 e. The molecule has 2 atom stereocenters. The zero-order valence-electron chi connectivity index (χ0n) is 18.1.